The first kappa shape index (κ1) is 12.5. The normalized spacial score (nSPS) is 13.3. The molecule has 2 heteroatoms. The first-order chi connectivity index (χ1) is 6.87. The van der Waals surface area contributed by atoms with Crippen molar-refractivity contribution in [3.8, 4) is 0 Å². The van der Waals surface area contributed by atoms with Gasteiger partial charge in [0.05, 0.1) is 0 Å². The van der Waals surface area contributed by atoms with E-state index in [1.807, 2.05) is 11.3 Å². The molecule has 0 aliphatic rings. The summed E-state index contributed by atoms with van der Waals surface area (Å²) in [6.07, 6.45) is 2.26. The largest absolute Gasteiger partial charge is 0.308 e. The topological polar surface area (TPSA) is 12.0 Å². The molecule has 0 spiro atoms. The highest BCUT2D eigenvalue weighted by atomic mass is 32.1. The Morgan fingerprint density at radius 3 is 2.53 bits per heavy atom. The van der Waals surface area contributed by atoms with E-state index in [1.54, 1.807) is 0 Å². The average Bonchev–Trinajstić information content (AvgIpc) is 2.47. The molecule has 1 nitrogen and oxygen atoms in total. The lowest BCUT2D eigenvalue weighted by Gasteiger charge is -2.20. The van der Waals surface area contributed by atoms with Crippen molar-refractivity contribution in [3.05, 3.63) is 27.5 Å². The molecule has 0 saturated heterocycles. The number of aryl methyl sites for hydroxylation is 1. The number of hydrogen-bond donors (Lipinski definition) is 1. The zero-order valence-corrected chi connectivity index (χ0v) is 11.2. The highest BCUT2D eigenvalue weighted by molar-refractivity contribution is 7.12. The second-order valence-electron chi connectivity index (χ2n) is 5.04. The van der Waals surface area contributed by atoms with E-state index < -0.39 is 0 Å². The van der Waals surface area contributed by atoms with Gasteiger partial charge in [0, 0.05) is 21.8 Å². The van der Waals surface area contributed by atoms with Gasteiger partial charge >= 0.3 is 0 Å². The van der Waals surface area contributed by atoms with Crippen LogP contribution in [-0.4, -0.2) is 12.1 Å². The summed E-state index contributed by atoms with van der Waals surface area (Å²) in [6, 6.07) is 4.35. The van der Waals surface area contributed by atoms with Gasteiger partial charge in [-0.1, -0.05) is 5.57 Å². The highest BCUT2D eigenvalue weighted by Gasteiger charge is 2.07. The Morgan fingerprint density at radius 2 is 2.07 bits per heavy atom. The second-order valence-corrected chi connectivity index (χ2v) is 6.36. The van der Waals surface area contributed by atoms with Crippen LogP contribution in [0.2, 0.25) is 0 Å². The maximum atomic E-state index is 3.49. The third kappa shape index (κ3) is 5.14. The molecule has 1 aromatic rings. The summed E-state index contributed by atoms with van der Waals surface area (Å²) in [4.78, 5) is 2.72. The number of nitrogens with one attached hydrogen (secondary N) is 1. The quantitative estimate of drug-likeness (QED) is 0.821. The molecule has 0 saturated carbocycles. The lowest BCUT2D eigenvalue weighted by atomic mass is 10.1. The van der Waals surface area contributed by atoms with E-state index >= 15 is 0 Å². The van der Waals surface area contributed by atoms with E-state index in [2.05, 4.69) is 58.1 Å². The maximum absolute atomic E-state index is 3.49. The SMILES string of the molecule is CC(=Cc1ccc(C)s1)CNC(C)(C)C. The number of rotatable bonds is 3. The number of hydrogen-bond acceptors (Lipinski definition) is 2. The van der Waals surface area contributed by atoms with E-state index in [0.29, 0.717) is 0 Å². The van der Waals surface area contributed by atoms with E-state index in [-0.39, 0.29) is 5.54 Å². The van der Waals surface area contributed by atoms with Crippen molar-refractivity contribution in [3.63, 3.8) is 0 Å². The van der Waals surface area contributed by atoms with Crippen LogP contribution >= 0.6 is 11.3 Å². The Balaban J connectivity index is 2.53. The zero-order valence-electron chi connectivity index (χ0n) is 10.3. The molecule has 0 bridgehead atoms. The van der Waals surface area contributed by atoms with Gasteiger partial charge in [0.2, 0.25) is 0 Å². The van der Waals surface area contributed by atoms with Crippen LogP contribution in [0.25, 0.3) is 6.08 Å². The van der Waals surface area contributed by atoms with Gasteiger partial charge in [-0.05, 0) is 52.8 Å². The first-order valence-corrected chi connectivity index (χ1v) is 6.17. The Kier molecular flexibility index (Phi) is 4.12. The van der Waals surface area contributed by atoms with Gasteiger partial charge < -0.3 is 5.32 Å². The predicted molar refractivity (Wildman–Crippen MR) is 70.5 cm³/mol. The van der Waals surface area contributed by atoms with E-state index in [4.69, 9.17) is 0 Å². The van der Waals surface area contributed by atoms with Crippen molar-refractivity contribution in [2.24, 2.45) is 0 Å². The van der Waals surface area contributed by atoms with Crippen molar-refractivity contribution < 1.29 is 0 Å². The van der Waals surface area contributed by atoms with Gasteiger partial charge in [-0.15, -0.1) is 11.3 Å². The molecule has 0 aliphatic heterocycles. The van der Waals surface area contributed by atoms with Crippen molar-refractivity contribution in [1.29, 1.82) is 0 Å². The summed E-state index contributed by atoms with van der Waals surface area (Å²) in [5, 5.41) is 3.49. The molecule has 0 radical (unpaired) electrons. The third-order valence-corrected chi connectivity index (χ3v) is 3.00. The summed E-state index contributed by atoms with van der Waals surface area (Å²) in [5.74, 6) is 0. The van der Waals surface area contributed by atoms with Crippen LogP contribution in [0.5, 0.6) is 0 Å². The van der Waals surface area contributed by atoms with E-state index in [9.17, 15) is 0 Å². The Labute approximate surface area is 97.2 Å². The third-order valence-electron chi connectivity index (χ3n) is 2.05. The lowest BCUT2D eigenvalue weighted by molar-refractivity contribution is 0.445. The Bertz CT molecular complexity index is 342. The molecule has 1 N–H and O–H groups in total. The van der Waals surface area contributed by atoms with Gasteiger partial charge in [0.1, 0.15) is 0 Å². The fraction of sp³-hybridized carbons (Fsp3) is 0.538. The van der Waals surface area contributed by atoms with Crippen LogP contribution in [0.1, 0.15) is 37.4 Å². The predicted octanol–water partition coefficient (Wildman–Crippen LogP) is 3.85. The first-order valence-electron chi connectivity index (χ1n) is 5.35. The van der Waals surface area contributed by atoms with E-state index in [1.165, 1.54) is 15.3 Å². The van der Waals surface area contributed by atoms with Crippen molar-refractivity contribution in [2.75, 3.05) is 6.54 Å². The van der Waals surface area contributed by atoms with Crippen LogP contribution < -0.4 is 5.32 Å². The van der Waals surface area contributed by atoms with Crippen molar-refractivity contribution in [2.45, 2.75) is 40.2 Å². The summed E-state index contributed by atoms with van der Waals surface area (Å²) >= 11 is 1.85. The molecule has 15 heavy (non-hydrogen) atoms. The minimum atomic E-state index is 0.195. The van der Waals surface area contributed by atoms with Crippen LogP contribution in [0.4, 0.5) is 0 Å². The van der Waals surface area contributed by atoms with Crippen LogP contribution in [0.3, 0.4) is 0 Å². The van der Waals surface area contributed by atoms with Gasteiger partial charge in [-0.3, -0.25) is 0 Å². The molecule has 0 fully saturated rings. The number of thiophene rings is 1. The average molecular weight is 223 g/mol. The molecule has 0 atom stereocenters. The second kappa shape index (κ2) is 4.95. The van der Waals surface area contributed by atoms with Gasteiger partial charge in [0.15, 0.2) is 0 Å². The molecule has 0 aromatic carbocycles. The van der Waals surface area contributed by atoms with Crippen LogP contribution in [0.15, 0.2) is 17.7 Å². The Morgan fingerprint density at radius 1 is 1.40 bits per heavy atom. The molecule has 0 amide bonds. The standard InChI is InChI=1S/C13H21NS/c1-10(9-14-13(3,4)5)8-12-7-6-11(2)15-12/h6-8,14H,9H2,1-5H3. The minimum absolute atomic E-state index is 0.195. The van der Waals surface area contributed by atoms with Crippen molar-refractivity contribution in [1.82, 2.24) is 5.32 Å². The Hall–Kier alpha value is -0.600. The fourth-order valence-electron chi connectivity index (χ4n) is 1.23. The summed E-state index contributed by atoms with van der Waals surface area (Å²) in [6.45, 7) is 11.8. The summed E-state index contributed by atoms with van der Waals surface area (Å²) in [7, 11) is 0. The maximum Gasteiger partial charge on any atom is 0.0273 e. The van der Waals surface area contributed by atoms with Crippen LogP contribution in [-0.2, 0) is 0 Å². The highest BCUT2D eigenvalue weighted by Crippen LogP contribution is 2.18. The van der Waals surface area contributed by atoms with Crippen LogP contribution in [0, 0.1) is 6.92 Å². The summed E-state index contributed by atoms with van der Waals surface area (Å²) in [5.41, 5.74) is 1.58. The molecule has 1 aromatic heterocycles. The lowest BCUT2D eigenvalue weighted by Crippen LogP contribution is -2.36. The molecule has 1 rings (SSSR count). The minimum Gasteiger partial charge on any atom is -0.308 e. The molecule has 0 aliphatic carbocycles. The smallest absolute Gasteiger partial charge is 0.0273 e. The molecular formula is C13H21NS. The van der Waals surface area contributed by atoms with Gasteiger partial charge in [-0.2, -0.15) is 0 Å². The zero-order chi connectivity index (χ0) is 11.5. The fourth-order valence-corrected chi connectivity index (χ4v) is 2.13. The molecule has 0 unspecified atom stereocenters. The molecule has 84 valence electrons. The van der Waals surface area contributed by atoms with Gasteiger partial charge in [0.25, 0.3) is 0 Å². The summed E-state index contributed by atoms with van der Waals surface area (Å²) < 4.78 is 0. The monoisotopic (exact) mass is 223 g/mol. The van der Waals surface area contributed by atoms with E-state index in [0.717, 1.165) is 6.54 Å². The molecule has 1 heterocycles. The molecular weight excluding hydrogens is 202 g/mol. The van der Waals surface area contributed by atoms with Gasteiger partial charge in [-0.25, -0.2) is 0 Å². The van der Waals surface area contributed by atoms with Crippen molar-refractivity contribution >= 4 is 17.4 Å².